The maximum absolute atomic E-state index is 11.8. The number of nitrogens with two attached hydrogens (primary N) is 1. The lowest BCUT2D eigenvalue weighted by atomic mass is 9.99. The zero-order chi connectivity index (χ0) is 14.4. The fraction of sp³-hybridized carbons (Fsp3) is 0.417. The zero-order valence-corrected chi connectivity index (χ0v) is 12.6. The Morgan fingerprint density at radius 1 is 1.42 bits per heavy atom. The Balaban J connectivity index is 2.50. The van der Waals surface area contributed by atoms with Gasteiger partial charge in [-0.05, 0) is 17.7 Å². The van der Waals surface area contributed by atoms with Gasteiger partial charge in [0.2, 0.25) is 0 Å². The number of hydrogen-bond donors (Lipinski definition) is 2. The summed E-state index contributed by atoms with van der Waals surface area (Å²) in [7, 11) is -3.47. The Kier molecular flexibility index (Phi) is 3.49. The van der Waals surface area contributed by atoms with Crippen LogP contribution in [-0.2, 0) is 14.6 Å². The second-order valence-electron chi connectivity index (χ2n) is 4.83. The molecule has 1 aliphatic carbocycles. The lowest BCUT2D eigenvalue weighted by molar-refractivity contribution is -0.143. The predicted molar refractivity (Wildman–Crippen MR) is 74.6 cm³/mol. The number of carbonyl (C=O) groups is 1. The van der Waals surface area contributed by atoms with Crippen molar-refractivity contribution in [2.45, 2.75) is 11.2 Å². The van der Waals surface area contributed by atoms with Crippen LogP contribution in [0.1, 0.15) is 11.5 Å². The van der Waals surface area contributed by atoms with E-state index in [0.29, 0.717) is 5.56 Å². The van der Waals surface area contributed by atoms with Gasteiger partial charge >= 0.3 is 5.97 Å². The molecule has 104 valence electrons. The number of halogens is 1. The van der Waals surface area contributed by atoms with E-state index in [0.717, 1.165) is 10.7 Å². The van der Waals surface area contributed by atoms with Gasteiger partial charge in [-0.2, -0.15) is 0 Å². The maximum Gasteiger partial charge on any atom is 0.312 e. The van der Waals surface area contributed by atoms with E-state index in [2.05, 4.69) is 15.9 Å². The van der Waals surface area contributed by atoms with Crippen molar-refractivity contribution in [1.82, 2.24) is 0 Å². The standard InChI is InChI=1S/C12H14BrNO4S/c1-19(17,18)10-9(12(10,6-14)11(15)16)7-2-4-8(13)5-3-7/h2-5,9-10H,6,14H2,1H3,(H,15,16)/t9-,10+,12-/m0/s1. The van der Waals surface area contributed by atoms with E-state index < -0.39 is 32.4 Å². The Labute approximate surface area is 119 Å². The summed E-state index contributed by atoms with van der Waals surface area (Å²) in [6, 6.07) is 6.98. The minimum absolute atomic E-state index is 0.194. The van der Waals surface area contributed by atoms with Crippen molar-refractivity contribution in [1.29, 1.82) is 0 Å². The number of benzene rings is 1. The van der Waals surface area contributed by atoms with Crippen molar-refractivity contribution in [2.75, 3.05) is 12.8 Å². The SMILES string of the molecule is CS(=O)(=O)[C@@H]1[C@H](c2ccc(Br)cc2)[C@]1(CN)C(=O)O. The third-order valence-electron chi connectivity index (χ3n) is 3.68. The van der Waals surface area contributed by atoms with Crippen molar-refractivity contribution in [3.05, 3.63) is 34.3 Å². The normalized spacial score (nSPS) is 30.1. The largest absolute Gasteiger partial charge is 0.481 e. The molecule has 0 spiro atoms. The van der Waals surface area contributed by atoms with Gasteiger partial charge in [0, 0.05) is 23.2 Å². The van der Waals surface area contributed by atoms with Crippen molar-refractivity contribution in [3.63, 3.8) is 0 Å². The lowest BCUT2D eigenvalue weighted by Crippen LogP contribution is -2.31. The second kappa shape index (κ2) is 4.57. The molecular weight excluding hydrogens is 334 g/mol. The van der Waals surface area contributed by atoms with Crippen molar-refractivity contribution in [3.8, 4) is 0 Å². The van der Waals surface area contributed by atoms with Crippen LogP contribution in [-0.4, -0.2) is 37.5 Å². The van der Waals surface area contributed by atoms with Crippen LogP contribution in [0, 0.1) is 5.41 Å². The molecule has 1 aromatic rings. The molecule has 0 aromatic heterocycles. The number of aliphatic carboxylic acids is 1. The summed E-state index contributed by atoms with van der Waals surface area (Å²) in [5.41, 5.74) is 4.85. The third kappa shape index (κ3) is 2.19. The van der Waals surface area contributed by atoms with Crippen molar-refractivity contribution < 1.29 is 18.3 Å². The summed E-state index contributed by atoms with van der Waals surface area (Å²) in [5, 5.41) is 8.42. The molecule has 3 atom stereocenters. The van der Waals surface area contributed by atoms with Crippen LogP contribution >= 0.6 is 15.9 Å². The number of rotatable bonds is 4. The number of sulfone groups is 1. The van der Waals surface area contributed by atoms with E-state index in [1.165, 1.54) is 0 Å². The maximum atomic E-state index is 11.8. The minimum atomic E-state index is -3.47. The molecule has 1 fully saturated rings. The molecule has 0 saturated heterocycles. The summed E-state index contributed by atoms with van der Waals surface area (Å²) in [6.07, 6.45) is 1.06. The molecule has 0 radical (unpaired) electrons. The molecule has 5 nitrogen and oxygen atoms in total. The average Bonchev–Trinajstić information content (AvgIpc) is 3.00. The second-order valence-corrected chi connectivity index (χ2v) is 7.91. The first-order valence-electron chi connectivity index (χ1n) is 5.63. The van der Waals surface area contributed by atoms with Gasteiger partial charge in [0.1, 0.15) is 5.41 Å². The molecule has 0 aliphatic heterocycles. The van der Waals surface area contributed by atoms with Gasteiger partial charge in [-0.15, -0.1) is 0 Å². The number of carboxylic acid groups (broad SMARTS) is 1. The minimum Gasteiger partial charge on any atom is -0.481 e. The molecule has 1 aliphatic rings. The first-order chi connectivity index (χ1) is 8.75. The van der Waals surface area contributed by atoms with Gasteiger partial charge in [0.05, 0.1) is 5.25 Å². The molecule has 3 N–H and O–H groups in total. The first kappa shape index (κ1) is 14.5. The topological polar surface area (TPSA) is 97.5 Å². The van der Waals surface area contributed by atoms with Crippen LogP contribution in [0.25, 0.3) is 0 Å². The van der Waals surface area contributed by atoms with Crippen LogP contribution < -0.4 is 5.73 Å². The monoisotopic (exact) mass is 347 g/mol. The van der Waals surface area contributed by atoms with Gasteiger partial charge in [0.15, 0.2) is 9.84 Å². The summed E-state index contributed by atoms with van der Waals surface area (Å²) in [5.74, 6) is -1.74. The average molecular weight is 348 g/mol. The molecule has 1 saturated carbocycles. The van der Waals surface area contributed by atoms with Crippen LogP contribution in [0.2, 0.25) is 0 Å². The molecule has 0 heterocycles. The lowest BCUT2D eigenvalue weighted by Gasteiger charge is -2.09. The van der Waals surface area contributed by atoms with Crippen molar-refractivity contribution >= 4 is 31.7 Å². The van der Waals surface area contributed by atoms with E-state index in [4.69, 9.17) is 5.73 Å². The Morgan fingerprint density at radius 3 is 2.26 bits per heavy atom. The van der Waals surface area contributed by atoms with Crippen LogP contribution in [0.3, 0.4) is 0 Å². The molecule has 0 amide bonds. The highest BCUT2D eigenvalue weighted by atomic mass is 79.9. The van der Waals surface area contributed by atoms with Crippen LogP contribution in [0.15, 0.2) is 28.7 Å². The molecule has 0 bridgehead atoms. The molecule has 19 heavy (non-hydrogen) atoms. The molecular formula is C12H14BrNO4S. The molecule has 1 aromatic carbocycles. The van der Waals surface area contributed by atoms with E-state index in [1.807, 2.05) is 0 Å². The van der Waals surface area contributed by atoms with Crippen LogP contribution in [0.5, 0.6) is 0 Å². The first-order valence-corrected chi connectivity index (χ1v) is 8.37. The summed E-state index contributed by atoms with van der Waals surface area (Å²) >= 11 is 3.28. The van der Waals surface area contributed by atoms with Gasteiger partial charge in [-0.25, -0.2) is 8.42 Å². The highest BCUT2D eigenvalue weighted by Crippen LogP contribution is 2.62. The third-order valence-corrected chi connectivity index (χ3v) is 5.83. The fourth-order valence-corrected chi connectivity index (χ4v) is 4.95. The Bertz CT molecular complexity index is 613. The fourth-order valence-electron chi connectivity index (χ4n) is 2.76. The van der Waals surface area contributed by atoms with Crippen molar-refractivity contribution in [2.24, 2.45) is 11.1 Å². The van der Waals surface area contributed by atoms with Gasteiger partial charge < -0.3 is 10.8 Å². The van der Waals surface area contributed by atoms with E-state index in [1.54, 1.807) is 24.3 Å². The van der Waals surface area contributed by atoms with E-state index in [9.17, 15) is 18.3 Å². The van der Waals surface area contributed by atoms with Gasteiger partial charge in [-0.3, -0.25) is 4.79 Å². The van der Waals surface area contributed by atoms with Gasteiger partial charge in [0.25, 0.3) is 0 Å². The van der Waals surface area contributed by atoms with E-state index >= 15 is 0 Å². The van der Waals surface area contributed by atoms with Gasteiger partial charge in [-0.1, -0.05) is 28.1 Å². The highest BCUT2D eigenvalue weighted by molar-refractivity contribution is 9.10. The Hall–Kier alpha value is -0.920. The molecule has 2 rings (SSSR count). The smallest absolute Gasteiger partial charge is 0.312 e. The molecule has 7 heteroatoms. The Morgan fingerprint density at radius 2 is 1.95 bits per heavy atom. The molecule has 0 unspecified atom stereocenters. The zero-order valence-electron chi connectivity index (χ0n) is 10.2. The van der Waals surface area contributed by atoms with E-state index in [-0.39, 0.29) is 6.54 Å². The predicted octanol–water partition coefficient (Wildman–Crippen LogP) is 0.989. The highest BCUT2D eigenvalue weighted by Gasteiger charge is 2.74. The number of carboxylic acids is 1. The van der Waals surface area contributed by atoms with Crippen LogP contribution in [0.4, 0.5) is 0 Å². The quantitative estimate of drug-likeness (QED) is 0.846. The summed E-state index contributed by atoms with van der Waals surface area (Å²) in [4.78, 5) is 11.5. The summed E-state index contributed by atoms with van der Waals surface area (Å²) < 4.78 is 24.4. The summed E-state index contributed by atoms with van der Waals surface area (Å²) in [6.45, 7) is -0.194. The number of hydrogen-bond acceptors (Lipinski definition) is 4.